The van der Waals surface area contributed by atoms with E-state index >= 15 is 0 Å². The Morgan fingerprint density at radius 3 is 2.70 bits per heavy atom. The van der Waals surface area contributed by atoms with Crippen molar-refractivity contribution in [2.75, 3.05) is 0 Å². The fourth-order valence-corrected chi connectivity index (χ4v) is 6.54. The molecule has 2 aromatic carbocycles. The summed E-state index contributed by atoms with van der Waals surface area (Å²) in [6.07, 6.45) is 8.51. The van der Waals surface area contributed by atoms with Gasteiger partial charge in [-0.05, 0) is 91.3 Å². The Labute approximate surface area is 217 Å². The molecule has 0 spiro atoms. The molecule has 5 heteroatoms. The van der Waals surface area contributed by atoms with Gasteiger partial charge in [-0.25, -0.2) is 4.79 Å². The van der Waals surface area contributed by atoms with E-state index in [0.29, 0.717) is 12.0 Å². The molecule has 1 fully saturated rings. The molecule has 3 aliphatic rings. The van der Waals surface area contributed by atoms with Crippen LogP contribution in [0.15, 0.2) is 89.4 Å². The maximum Gasteiger partial charge on any atom is 0.337 e. The average Bonchev–Trinajstić information content (AvgIpc) is 3.57. The van der Waals surface area contributed by atoms with Crippen LogP contribution in [-0.4, -0.2) is 22.2 Å². The molecular weight excluding hydrogens is 460 g/mol. The van der Waals surface area contributed by atoms with E-state index in [1.54, 1.807) is 12.1 Å². The van der Waals surface area contributed by atoms with E-state index in [1.807, 2.05) is 12.1 Å². The van der Waals surface area contributed by atoms with Crippen LogP contribution in [0.5, 0.6) is 5.75 Å². The minimum atomic E-state index is -0.316. The first kappa shape index (κ1) is 23.7. The first-order valence-corrected chi connectivity index (χ1v) is 13.5. The lowest BCUT2D eigenvalue weighted by atomic mass is 9.70. The van der Waals surface area contributed by atoms with Gasteiger partial charge in [-0.2, -0.15) is 0 Å². The lowest BCUT2D eigenvalue weighted by Crippen LogP contribution is -2.34. The molecule has 190 valence electrons. The highest BCUT2D eigenvalue weighted by atomic mass is 16.5. The second-order valence-corrected chi connectivity index (χ2v) is 10.6. The van der Waals surface area contributed by atoms with E-state index in [2.05, 4.69) is 54.3 Å². The summed E-state index contributed by atoms with van der Waals surface area (Å²) in [6, 6.07) is 15.7. The maximum atomic E-state index is 13.7. The first-order chi connectivity index (χ1) is 18.0. The number of carbonyl (C=O) groups excluding carboxylic acids is 1. The molecule has 3 aromatic rings. The number of aromatic nitrogens is 1. The standard InChI is InChI=1S/C32H34N2O3/c1-3-26-31(32(36)37-23-11-4-5-12-23)30(20-9-8-10-22(35)16-20)29-19(2)15-21(17-28(29)34-26)25-18-33-27-14-7-6-13-24(25)27/h6-10,13-14,16,18,21,23,30,33-35H,2-5,11-12,15,17H2,1H3. The number of nitrogens with one attached hydrogen (secondary N) is 2. The smallest absolute Gasteiger partial charge is 0.337 e. The summed E-state index contributed by atoms with van der Waals surface area (Å²) in [4.78, 5) is 17.2. The second-order valence-electron chi connectivity index (χ2n) is 10.6. The van der Waals surface area contributed by atoms with Crippen LogP contribution in [0.4, 0.5) is 0 Å². The van der Waals surface area contributed by atoms with Gasteiger partial charge in [0.25, 0.3) is 0 Å². The largest absolute Gasteiger partial charge is 0.508 e. The topological polar surface area (TPSA) is 74.3 Å². The van der Waals surface area contributed by atoms with Gasteiger partial charge in [-0.1, -0.05) is 43.8 Å². The number of hydrogen-bond donors (Lipinski definition) is 3. The molecule has 0 radical (unpaired) electrons. The van der Waals surface area contributed by atoms with Crippen LogP contribution in [0.2, 0.25) is 0 Å². The van der Waals surface area contributed by atoms with Crippen molar-refractivity contribution in [1.29, 1.82) is 0 Å². The van der Waals surface area contributed by atoms with Gasteiger partial charge < -0.3 is 20.1 Å². The normalized spacial score (nSPS) is 22.4. The number of benzene rings is 2. The average molecular weight is 495 g/mol. The highest BCUT2D eigenvalue weighted by Crippen LogP contribution is 2.50. The van der Waals surface area contributed by atoms with E-state index in [4.69, 9.17) is 4.74 Å². The van der Waals surface area contributed by atoms with Crippen molar-refractivity contribution in [3.05, 3.63) is 101 Å². The number of H-pyrrole nitrogens is 1. The maximum absolute atomic E-state index is 13.7. The minimum Gasteiger partial charge on any atom is -0.508 e. The number of rotatable bonds is 5. The summed E-state index contributed by atoms with van der Waals surface area (Å²) in [5, 5.41) is 15.3. The SMILES string of the molecule is C=C1CC(c2c[nH]c3ccccc23)CC2=C1C(c1cccc(O)c1)C(C(=O)OC1CCCC1)=C(CC)N2. The summed E-state index contributed by atoms with van der Waals surface area (Å²) in [6.45, 7) is 6.61. The van der Waals surface area contributed by atoms with Gasteiger partial charge in [-0.3, -0.25) is 0 Å². The predicted molar refractivity (Wildman–Crippen MR) is 146 cm³/mol. The lowest BCUT2D eigenvalue weighted by molar-refractivity contribution is -0.144. The van der Waals surface area contributed by atoms with Crippen molar-refractivity contribution >= 4 is 16.9 Å². The molecule has 1 aromatic heterocycles. The lowest BCUT2D eigenvalue weighted by Gasteiger charge is -2.39. The molecule has 2 aliphatic carbocycles. The summed E-state index contributed by atoms with van der Waals surface area (Å²) in [5.41, 5.74) is 8.11. The van der Waals surface area contributed by atoms with Gasteiger partial charge in [0.15, 0.2) is 0 Å². The van der Waals surface area contributed by atoms with Crippen molar-refractivity contribution < 1.29 is 14.6 Å². The zero-order valence-electron chi connectivity index (χ0n) is 21.3. The van der Waals surface area contributed by atoms with Crippen LogP contribution in [-0.2, 0) is 9.53 Å². The molecule has 3 N–H and O–H groups in total. The highest BCUT2D eigenvalue weighted by molar-refractivity contribution is 5.93. The summed E-state index contributed by atoms with van der Waals surface area (Å²) < 4.78 is 6.05. The Morgan fingerprint density at radius 2 is 1.92 bits per heavy atom. The number of para-hydroxylation sites is 1. The molecule has 5 nitrogen and oxygen atoms in total. The molecule has 1 saturated carbocycles. The van der Waals surface area contributed by atoms with E-state index in [9.17, 15) is 9.90 Å². The number of aromatic amines is 1. The zero-order chi connectivity index (χ0) is 25.5. The van der Waals surface area contributed by atoms with E-state index in [-0.39, 0.29) is 29.7 Å². The van der Waals surface area contributed by atoms with Gasteiger partial charge >= 0.3 is 5.97 Å². The Bertz CT molecular complexity index is 1440. The first-order valence-electron chi connectivity index (χ1n) is 13.5. The molecule has 1 aliphatic heterocycles. The molecule has 6 rings (SSSR count). The summed E-state index contributed by atoms with van der Waals surface area (Å²) in [5.74, 6) is -0.0889. The molecule has 0 amide bonds. The van der Waals surface area contributed by atoms with E-state index in [1.165, 1.54) is 10.9 Å². The third-order valence-corrected chi connectivity index (χ3v) is 8.27. The highest BCUT2D eigenvalue weighted by Gasteiger charge is 2.40. The van der Waals surface area contributed by atoms with Crippen molar-refractivity contribution in [2.45, 2.75) is 69.8 Å². The predicted octanol–water partition coefficient (Wildman–Crippen LogP) is 7.10. The molecule has 2 unspecified atom stereocenters. The fraction of sp³-hybridized carbons (Fsp3) is 0.344. The van der Waals surface area contributed by atoms with Crippen molar-refractivity contribution in [3.63, 3.8) is 0 Å². The van der Waals surface area contributed by atoms with Gasteiger partial charge in [0.1, 0.15) is 11.9 Å². The number of hydrogen-bond acceptors (Lipinski definition) is 4. The number of allylic oxidation sites excluding steroid dienone is 4. The van der Waals surface area contributed by atoms with Gasteiger partial charge in [0, 0.05) is 34.4 Å². The number of ether oxygens (including phenoxy) is 1. The summed E-state index contributed by atoms with van der Waals surface area (Å²) >= 11 is 0. The van der Waals surface area contributed by atoms with Crippen LogP contribution in [0.1, 0.15) is 74.8 Å². The number of phenolic OH excluding ortho intramolecular Hbond substituents is 1. The van der Waals surface area contributed by atoms with E-state index < -0.39 is 0 Å². The van der Waals surface area contributed by atoms with Gasteiger partial charge in [-0.15, -0.1) is 0 Å². The molecule has 2 heterocycles. The third-order valence-electron chi connectivity index (χ3n) is 8.27. The van der Waals surface area contributed by atoms with Crippen molar-refractivity contribution in [2.24, 2.45) is 0 Å². The zero-order valence-corrected chi connectivity index (χ0v) is 21.3. The van der Waals surface area contributed by atoms with Crippen LogP contribution in [0.3, 0.4) is 0 Å². The third kappa shape index (κ3) is 4.26. The Hall–Kier alpha value is -3.73. The quantitative estimate of drug-likeness (QED) is 0.331. The van der Waals surface area contributed by atoms with Crippen molar-refractivity contribution in [1.82, 2.24) is 10.3 Å². The number of dihydropyridines is 1. The van der Waals surface area contributed by atoms with E-state index in [0.717, 1.165) is 72.1 Å². The van der Waals surface area contributed by atoms with Crippen LogP contribution >= 0.6 is 0 Å². The molecule has 37 heavy (non-hydrogen) atoms. The Balaban J connectivity index is 1.43. The summed E-state index contributed by atoms with van der Waals surface area (Å²) in [7, 11) is 0. The molecule has 2 atom stereocenters. The fourth-order valence-electron chi connectivity index (χ4n) is 6.54. The molecule has 0 saturated heterocycles. The number of phenols is 1. The monoisotopic (exact) mass is 494 g/mol. The number of esters is 1. The Morgan fingerprint density at radius 1 is 1.11 bits per heavy atom. The Kier molecular flexibility index (Phi) is 6.15. The number of aromatic hydroxyl groups is 1. The molecular formula is C32H34N2O3. The number of fused-ring (bicyclic) bond motifs is 1. The van der Waals surface area contributed by atoms with Gasteiger partial charge in [0.2, 0.25) is 0 Å². The van der Waals surface area contributed by atoms with Gasteiger partial charge in [0.05, 0.1) is 5.57 Å². The van der Waals surface area contributed by atoms with Crippen molar-refractivity contribution in [3.8, 4) is 5.75 Å². The molecule has 0 bridgehead atoms. The van der Waals surface area contributed by atoms with Crippen LogP contribution < -0.4 is 5.32 Å². The number of carbonyl (C=O) groups is 1. The van der Waals surface area contributed by atoms with Crippen LogP contribution in [0, 0.1) is 0 Å². The van der Waals surface area contributed by atoms with Crippen LogP contribution in [0.25, 0.3) is 10.9 Å². The minimum absolute atomic E-state index is 0.0147. The second kappa shape index (κ2) is 9.62.